The normalized spacial score (nSPS) is 13.9. The van der Waals surface area contributed by atoms with Gasteiger partial charge in [-0.3, -0.25) is 9.48 Å². The quantitative estimate of drug-likeness (QED) is 0.839. The van der Waals surface area contributed by atoms with E-state index >= 15 is 0 Å². The van der Waals surface area contributed by atoms with E-state index in [1.807, 2.05) is 41.1 Å². The fraction of sp³-hybridized carbons (Fsp3) is 0.389. The average Bonchev–Trinajstić information content (AvgIpc) is 2.89. The Kier molecular flexibility index (Phi) is 5.75. The monoisotopic (exact) mass is 359 g/mol. The van der Waals surface area contributed by atoms with E-state index in [0.717, 1.165) is 29.9 Å². The maximum atomic E-state index is 12.4. The van der Waals surface area contributed by atoms with Crippen LogP contribution in [0.4, 0.5) is 4.79 Å². The molecule has 0 atom stereocenters. The van der Waals surface area contributed by atoms with Crippen LogP contribution in [0.15, 0.2) is 36.4 Å². The van der Waals surface area contributed by atoms with Gasteiger partial charge in [0.05, 0.1) is 17.9 Å². The predicted molar refractivity (Wildman–Crippen MR) is 95.9 cm³/mol. The molecule has 0 saturated carbocycles. The van der Waals surface area contributed by atoms with Gasteiger partial charge in [0.1, 0.15) is 6.61 Å². The molecule has 1 amide bonds. The summed E-state index contributed by atoms with van der Waals surface area (Å²) >= 11 is 1.25. The van der Waals surface area contributed by atoms with Crippen molar-refractivity contribution >= 4 is 23.0 Å². The number of carbonyl (C=O) groups is 2. The molecule has 132 valence electrons. The first-order valence-corrected chi connectivity index (χ1v) is 9.25. The number of carbonyl (C=O) groups excluding carboxylic acids is 2. The van der Waals surface area contributed by atoms with Crippen molar-refractivity contribution in [2.24, 2.45) is 0 Å². The standard InChI is InChI=1S/C18H21N3O3S/c1-14(22)25-13-16-10-17-11-20(8-5-9-21(17)19-16)18(23)24-12-15-6-3-2-4-7-15/h2-4,6-7,10H,5,8-9,11-13H2,1H3. The highest BCUT2D eigenvalue weighted by Crippen LogP contribution is 2.18. The summed E-state index contributed by atoms with van der Waals surface area (Å²) in [7, 11) is 0. The molecule has 3 rings (SSSR count). The molecule has 0 spiro atoms. The minimum absolute atomic E-state index is 0.0781. The van der Waals surface area contributed by atoms with Crippen molar-refractivity contribution in [3.63, 3.8) is 0 Å². The topological polar surface area (TPSA) is 64.4 Å². The molecule has 1 aromatic heterocycles. The first-order chi connectivity index (χ1) is 12.1. The number of fused-ring (bicyclic) bond motifs is 1. The Morgan fingerprint density at radius 1 is 1.24 bits per heavy atom. The minimum atomic E-state index is -0.307. The largest absolute Gasteiger partial charge is 0.445 e. The maximum Gasteiger partial charge on any atom is 0.410 e. The zero-order chi connectivity index (χ0) is 17.6. The van der Waals surface area contributed by atoms with Gasteiger partial charge in [0.15, 0.2) is 5.12 Å². The summed E-state index contributed by atoms with van der Waals surface area (Å²) in [5.41, 5.74) is 2.82. The fourth-order valence-electron chi connectivity index (χ4n) is 2.73. The van der Waals surface area contributed by atoms with E-state index in [0.29, 0.717) is 18.8 Å². The summed E-state index contributed by atoms with van der Waals surface area (Å²) in [6.07, 6.45) is 0.521. The molecule has 7 heteroatoms. The van der Waals surface area contributed by atoms with Gasteiger partial charge < -0.3 is 9.64 Å². The van der Waals surface area contributed by atoms with Crippen molar-refractivity contribution in [1.82, 2.24) is 14.7 Å². The van der Waals surface area contributed by atoms with Crippen LogP contribution in [0.5, 0.6) is 0 Å². The maximum absolute atomic E-state index is 12.4. The van der Waals surface area contributed by atoms with Gasteiger partial charge in [-0.15, -0.1) is 0 Å². The first kappa shape index (κ1) is 17.5. The van der Waals surface area contributed by atoms with Crippen LogP contribution >= 0.6 is 11.8 Å². The Hall–Kier alpha value is -2.28. The van der Waals surface area contributed by atoms with Crippen molar-refractivity contribution in [2.45, 2.75) is 38.8 Å². The summed E-state index contributed by atoms with van der Waals surface area (Å²) in [4.78, 5) is 25.2. The van der Waals surface area contributed by atoms with E-state index in [1.165, 1.54) is 11.8 Å². The highest BCUT2D eigenvalue weighted by molar-refractivity contribution is 8.12. The number of aromatic nitrogens is 2. The van der Waals surface area contributed by atoms with Crippen LogP contribution in [-0.4, -0.2) is 32.4 Å². The molecule has 0 fully saturated rings. The van der Waals surface area contributed by atoms with Crippen LogP contribution in [-0.2, 0) is 35.0 Å². The van der Waals surface area contributed by atoms with E-state index in [1.54, 1.807) is 11.8 Å². The van der Waals surface area contributed by atoms with Crippen molar-refractivity contribution < 1.29 is 14.3 Å². The van der Waals surface area contributed by atoms with Crippen molar-refractivity contribution in [3.05, 3.63) is 53.3 Å². The molecule has 25 heavy (non-hydrogen) atoms. The summed E-state index contributed by atoms with van der Waals surface area (Å²) in [5, 5.41) is 4.61. The predicted octanol–water partition coefficient (Wildman–Crippen LogP) is 3.21. The van der Waals surface area contributed by atoms with Crippen molar-refractivity contribution in [2.75, 3.05) is 6.54 Å². The van der Waals surface area contributed by atoms with E-state index in [-0.39, 0.29) is 17.8 Å². The van der Waals surface area contributed by atoms with Gasteiger partial charge >= 0.3 is 6.09 Å². The molecule has 2 aromatic rings. The van der Waals surface area contributed by atoms with Crippen LogP contribution in [0.2, 0.25) is 0 Å². The van der Waals surface area contributed by atoms with E-state index in [9.17, 15) is 9.59 Å². The van der Waals surface area contributed by atoms with Crippen molar-refractivity contribution in [1.29, 1.82) is 0 Å². The number of nitrogens with zero attached hydrogens (tertiary/aromatic N) is 3. The molecule has 0 saturated heterocycles. The number of hydrogen-bond acceptors (Lipinski definition) is 5. The van der Waals surface area contributed by atoms with E-state index in [2.05, 4.69) is 5.10 Å². The van der Waals surface area contributed by atoms with Gasteiger partial charge in [0.2, 0.25) is 0 Å². The SMILES string of the molecule is CC(=O)SCc1cc2n(n1)CCCN(C(=O)OCc1ccccc1)C2. The van der Waals surface area contributed by atoms with E-state index in [4.69, 9.17) is 4.74 Å². The molecule has 0 bridgehead atoms. The summed E-state index contributed by atoms with van der Waals surface area (Å²) in [6, 6.07) is 11.6. The second-order valence-corrected chi connectivity index (χ2v) is 7.10. The molecule has 0 N–H and O–H groups in total. The molecular formula is C18H21N3O3S. The number of ether oxygens (including phenoxy) is 1. The van der Waals surface area contributed by atoms with Crippen LogP contribution in [0.1, 0.15) is 30.3 Å². The Labute approximate surface area is 151 Å². The molecule has 0 unspecified atom stereocenters. The number of hydrogen-bond donors (Lipinski definition) is 0. The third-order valence-corrected chi connectivity index (χ3v) is 4.80. The number of benzene rings is 1. The number of thioether (sulfide) groups is 1. The van der Waals surface area contributed by atoms with Gasteiger partial charge in [-0.25, -0.2) is 4.79 Å². The molecule has 0 aliphatic carbocycles. The summed E-state index contributed by atoms with van der Waals surface area (Å²) < 4.78 is 7.36. The summed E-state index contributed by atoms with van der Waals surface area (Å²) in [6.45, 7) is 3.72. The molecule has 1 aromatic carbocycles. The van der Waals surface area contributed by atoms with Gasteiger partial charge in [-0.1, -0.05) is 42.1 Å². The third-order valence-electron chi connectivity index (χ3n) is 3.95. The lowest BCUT2D eigenvalue weighted by Crippen LogP contribution is -2.31. The lowest BCUT2D eigenvalue weighted by molar-refractivity contribution is -0.109. The zero-order valence-electron chi connectivity index (χ0n) is 14.2. The number of amides is 1. The molecule has 2 heterocycles. The van der Waals surface area contributed by atoms with E-state index < -0.39 is 0 Å². The average molecular weight is 359 g/mol. The molecule has 1 aliphatic heterocycles. The van der Waals surface area contributed by atoms with Gasteiger partial charge in [-0.2, -0.15) is 5.10 Å². The highest BCUT2D eigenvalue weighted by Gasteiger charge is 2.21. The smallest absolute Gasteiger partial charge is 0.410 e. The number of rotatable bonds is 4. The van der Waals surface area contributed by atoms with Crippen LogP contribution in [0.25, 0.3) is 0 Å². The second kappa shape index (κ2) is 8.20. The van der Waals surface area contributed by atoms with Crippen LogP contribution in [0, 0.1) is 0 Å². The molecule has 6 nitrogen and oxygen atoms in total. The molecule has 0 radical (unpaired) electrons. The zero-order valence-corrected chi connectivity index (χ0v) is 15.0. The Morgan fingerprint density at radius 3 is 2.80 bits per heavy atom. The number of aryl methyl sites for hydroxylation is 1. The Balaban J connectivity index is 1.60. The lowest BCUT2D eigenvalue weighted by atomic mass is 10.2. The fourth-order valence-corrected chi connectivity index (χ4v) is 3.23. The Bertz CT molecular complexity index is 745. The third kappa shape index (κ3) is 4.85. The van der Waals surface area contributed by atoms with Gasteiger partial charge in [0, 0.05) is 25.8 Å². The lowest BCUT2D eigenvalue weighted by Gasteiger charge is -2.19. The van der Waals surface area contributed by atoms with Gasteiger partial charge in [0.25, 0.3) is 0 Å². The van der Waals surface area contributed by atoms with Gasteiger partial charge in [-0.05, 0) is 18.1 Å². The Morgan fingerprint density at radius 2 is 2.04 bits per heavy atom. The minimum Gasteiger partial charge on any atom is -0.445 e. The van der Waals surface area contributed by atoms with Crippen LogP contribution in [0.3, 0.4) is 0 Å². The molecule has 1 aliphatic rings. The second-order valence-electron chi connectivity index (χ2n) is 5.95. The first-order valence-electron chi connectivity index (χ1n) is 8.26. The molecular weight excluding hydrogens is 338 g/mol. The van der Waals surface area contributed by atoms with Crippen LogP contribution < -0.4 is 0 Å². The summed E-state index contributed by atoms with van der Waals surface area (Å²) in [5.74, 6) is 0.563. The van der Waals surface area contributed by atoms with Crippen molar-refractivity contribution in [3.8, 4) is 0 Å². The highest BCUT2D eigenvalue weighted by atomic mass is 32.2.